The summed E-state index contributed by atoms with van der Waals surface area (Å²) in [5.74, 6) is -1.96. The van der Waals surface area contributed by atoms with Crippen molar-refractivity contribution in [2.24, 2.45) is 0 Å². The van der Waals surface area contributed by atoms with Gasteiger partial charge in [0.05, 0.1) is 36.0 Å². The molecule has 8 nitrogen and oxygen atoms in total. The molecule has 0 aliphatic heterocycles. The van der Waals surface area contributed by atoms with E-state index in [-0.39, 0.29) is 57.5 Å². The monoisotopic (exact) mass is 496 g/mol. The van der Waals surface area contributed by atoms with Crippen molar-refractivity contribution in [2.45, 2.75) is 6.92 Å². The van der Waals surface area contributed by atoms with Gasteiger partial charge in [-0.25, -0.2) is 0 Å². The number of ketones is 2. The summed E-state index contributed by atoms with van der Waals surface area (Å²) in [4.78, 5) is 27.7. The first-order valence-corrected chi connectivity index (χ1v) is 11.6. The summed E-state index contributed by atoms with van der Waals surface area (Å²) in [5.41, 5.74) is 1.03. The summed E-state index contributed by atoms with van der Waals surface area (Å²) in [6, 6.07) is 21.0. The van der Waals surface area contributed by atoms with E-state index in [4.69, 9.17) is 9.47 Å². The number of benzene rings is 4. The van der Waals surface area contributed by atoms with E-state index in [1.54, 1.807) is 19.1 Å². The van der Waals surface area contributed by atoms with Gasteiger partial charge in [0.15, 0.2) is 11.5 Å². The molecule has 0 amide bonds. The fraction of sp³-hybridized carbons (Fsp3) is 0.103. The first kappa shape index (κ1) is 23.7. The number of anilines is 4. The second-order valence-corrected chi connectivity index (χ2v) is 8.29. The van der Waals surface area contributed by atoms with Crippen LogP contribution >= 0.6 is 0 Å². The Labute approximate surface area is 213 Å². The molecule has 0 fully saturated rings. The van der Waals surface area contributed by atoms with Crippen LogP contribution in [-0.4, -0.2) is 35.5 Å². The highest BCUT2D eigenvalue weighted by Gasteiger charge is 2.41. The van der Waals surface area contributed by atoms with Crippen molar-refractivity contribution < 1.29 is 29.3 Å². The van der Waals surface area contributed by atoms with Crippen LogP contribution in [-0.2, 0) is 0 Å². The molecule has 0 aromatic heterocycles. The number of hydrogen-bond acceptors (Lipinski definition) is 8. The van der Waals surface area contributed by atoms with Crippen LogP contribution in [0.1, 0.15) is 38.8 Å². The zero-order valence-corrected chi connectivity index (χ0v) is 20.2. The highest BCUT2D eigenvalue weighted by Crippen LogP contribution is 2.52. The van der Waals surface area contributed by atoms with Crippen LogP contribution in [0.15, 0.2) is 72.8 Å². The lowest BCUT2D eigenvalue weighted by molar-refractivity contribution is 0.0968. The molecule has 0 bridgehead atoms. The molecule has 5 rings (SSSR count). The summed E-state index contributed by atoms with van der Waals surface area (Å²) in [6.07, 6.45) is 0. The predicted octanol–water partition coefficient (Wildman–Crippen LogP) is 5.77. The van der Waals surface area contributed by atoms with Crippen molar-refractivity contribution in [3.8, 4) is 23.0 Å². The first-order chi connectivity index (χ1) is 18.0. The van der Waals surface area contributed by atoms with Crippen LogP contribution in [0.25, 0.3) is 0 Å². The highest BCUT2D eigenvalue weighted by atomic mass is 16.5. The van der Waals surface area contributed by atoms with Crippen LogP contribution in [0.2, 0.25) is 0 Å². The van der Waals surface area contributed by atoms with Crippen LogP contribution in [0.4, 0.5) is 22.7 Å². The van der Waals surface area contributed by atoms with Gasteiger partial charge in [0.25, 0.3) is 0 Å². The Hall–Kier alpha value is -4.98. The number of fused-ring (bicyclic) bond motifs is 2. The smallest absolute Gasteiger partial charge is 0.202 e. The van der Waals surface area contributed by atoms with Gasteiger partial charge in [-0.1, -0.05) is 36.4 Å². The molecule has 186 valence electrons. The number of aromatic hydroxyl groups is 2. The Morgan fingerprint density at radius 1 is 0.703 bits per heavy atom. The van der Waals surface area contributed by atoms with Gasteiger partial charge in [-0.3, -0.25) is 9.59 Å². The fourth-order valence-electron chi connectivity index (χ4n) is 4.46. The third kappa shape index (κ3) is 3.98. The predicted molar refractivity (Wildman–Crippen MR) is 140 cm³/mol. The average molecular weight is 497 g/mol. The number of ether oxygens (including phenoxy) is 2. The lowest BCUT2D eigenvalue weighted by atomic mass is 9.81. The molecule has 4 N–H and O–H groups in total. The fourth-order valence-corrected chi connectivity index (χ4v) is 4.46. The maximum Gasteiger partial charge on any atom is 0.202 e. The first-order valence-electron chi connectivity index (χ1n) is 11.6. The Kier molecular flexibility index (Phi) is 6.15. The van der Waals surface area contributed by atoms with E-state index in [1.165, 1.54) is 19.2 Å². The van der Waals surface area contributed by atoms with Crippen molar-refractivity contribution in [3.05, 3.63) is 95.1 Å². The second-order valence-electron chi connectivity index (χ2n) is 8.29. The van der Waals surface area contributed by atoms with Gasteiger partial charge in [-0.15, -0.1) is 0 Å². The normalized spacial score (nSPS) is 11.9. The maximum absolute atomic E-state index is 13.9. The molecule has 4 aromatic rings. The van der Waals surface area contributed by atoms with Crippen molar-refractivity contribution in [3.63, 3.8) is 0 Å². The lowest BCUT2D eigenvalue weighted by Gasteiger charge is -2.27. The molecule has 4 aromatic carbocycles. The molecule has 0 saturated heterocycles. The Balaban J connectivity index is 1.84. The summed E-state index contributed by atoms with van der Waals surface area (Å²) in [7, 11) is 1.36. The van der Waals surface area contributed by atoms with Gasteiger partial charge in [0.1, 0.15) is 22.9 Å². The van der Waals surface area contributed by atoms with E-state index in [2.05, 4.69) is 10.6 Å². The van der Waals surface area contributed by atoms with E-state index in [0.29, 0.717) is 11.4 Å². The minimum atomic E-state index is -0.668. The Morgan fingerprint density at radius 3 is 1.84 bits per heavy atom. The Bertz CT molecular complexity index is 1520. The standard InChI is InChI=1S/C29H24N2O6/c1-3-37-29-23-22(27(34)21-19(36-2)15-14-18(32)20(21)26(23)33)28(35)24(30-16-10-6-4-7-11-16)25(29)31-17-12-8-5-9-13-17/h4-15,30-32,35H,3H2,1-2H3. The number of hydrogen-bond donors (Lipinski definition) is 4. The SMILES string of the molecule is CCOc1c(Nc2ccccc2)c(Nc2ccccc2)c(O)c2c1C(=O)c1c(O)ccc(OC)c1C2=O. The number of para-hydroxylation sites is 2. The molecule has 37 heavy (non-hydrogen) atoms. The van der Waals surface area contributed by atoms with Crippen LogP contribution in [0.3, 0.4) is 0 Å². The maximum atomic E-state index is 13.9. The number of phenolic OH excluding ortho intramolecular Hbond substituents is 2. The van der Waals surface area contributed by atoms with Crippen LogP contribution < -0.4 is 20.1 Å². The number of methoxy groups -OCH3 is 1. The molecule has 1 aliphatic carbocycles. The van der Waals surface area contributed by atoms with Crippen LogP contribution in [0, 0.1) is 0 Å². The zero-order valence-electron chi connectivity index (χ0n) is 20.2. The quantitative estimate of drug-likeness (QED) is 0.210. The second kappa shape index (κ2) is 9.58. The van der Waals surface area contributed by atoms with Gasteiger partial charge in [-0.2, -0.15) is 0 Å². The number of carbonyl (C=O) groups is 2. The van der Waals surface area contributed by atoms with Crippen molar-refractivity contribution in [1.82, 2.24) is 0 Å². The molecule has 0 atom stereocenters. The molecular weight excluding hydrogens is 472 g/mol. The molecule has 0 radical (unpaired) electrons. The number of carbonyl (C=O) groups excluding carboxylic acids is 2. The van der Waals surface area contributed by atoms with Gasteiger partial charge in [0.2, 0.25) is 11.6 Å². The van der Waals surface area contributed by atoms with Gasteiger partial charge < -0.3 is 30.3 Å². The molecule has 0 spiro atoms. The van der Waals surface area contributed by atoms with E-state index in [0.717, 1.165) is 0 Å². The summed E-state index contributed by atoms with van der Waals surface area (Å²) in [6.45, 7) is 1.92. The number of rotatable bonds is 7. The minimum absolute atomic E-state index is 0.0730. The third-order valence-electron chi connectivity index (χ3n) is 6.08. The number of phenols is 2. The zero-order chi connectivity index (χ0) is 26.1. The summed E-state index contributed by atoms with van der Waals surface area (Å²) in [5, 5.41) is 28.5. The van der Waals surface area contributed by atoms with Gasteiger partial charge >= 0.3 is 0 Å². The van der Waals surface area contributed by atoms with Crippen LogP contribution in [0.5, 0.6) is 23.0 Å². The highest BCUT2D eigenvalue weighted by molar-refractivity contribution is 6.33. The topological polar surface area (TPSA) is 117 Å². The third-order valence-corrected chi connectivity index (χ3v) is 6.08. The van der Waals surface area contributed by atoms with Crippen molar-refractivity contribution >= 4 is 34.3 Å². The van der Waals surface area contributed by atoms with Gasteiger partial charge in [0, 0.05) is 11.4 Å². The van der Waals surface area contributed by atoms with Gasteiger partial charge in [-0.05, 0) is 43.3 Å². The molecule has 1 aliphatic rings. The molecule has 8 heteroatoms. The van der Waals surface area contributed by atoms with E-state index >= 15 is 0 Å². The Morgan fingerprint density at radius 2 is 1.27 bits per heavy atom. The number of nitrogens with one attached hydrogen (secondary N) is 2. The van der Waals surface area contributed by atoms with E-state index < -0.39 is 17.3 Å². The van der Waals surface area contributed by atoms with E-state index in [9.17, 15) is 19.8 Å². The average Bonchev–Trinajstić information content (AvgIpc) is 2.91. The lowest BCUT2D eigenvalue weighted by Crippen LogP contribution is -2.24. The van der Waals surface area contributed by atoms with Crippen molar-refractivity contribution in [2.75, 3.05) is 24.4 Å². The van der Waals surface area contributed by atoms with E-state index in [1.807, 2.05) is 48.5 Å². The molecular formula is C29H24N2O6. The molecule has 0 saturated carbocycles. The summed E-state index contributed by atoms with van der Waals surface area (Å²) < 4.78 is 11.3. The minimum Gasteiger partial charge on any atom is -0.507 e. The molecule has 0 unspecified atom stereocenters. The van der Waals surface area contributed by atoms with Crippen molar-refractivity contribution in [1.29, 1.82) is 0 Å². The summed E-state index contributed by atoms with van der Waals surface area (Å²) >= 11 is 0. The largest absolute Gasteiger partial charge is 0.507 e. The molecule has 0 heterocycles.